The van der Waals surface area contributed by atoms with Crippen LogP contribution in [0.4, 0.5) is 19.0 Å². The standard InChI is InChI=1S/C6H6BrN5.C2HF3O2/c1-3-10-5(8)6-9-2-4(7)12(6)11-3;3-2(4,5)1(6)7/h2H,1H3,(H2,8,10,11);(H,6,7). The molecule has 0 fully saturated rings. The highest BCUT2D eigenvalue weighted by atomic mass is 79.9. The first-order valence-corrected chi connectivity index (χ1v) is 5.35. The van der Waals surface area contributed by atoms with E-state index in [1.54, 1.807) is 17.6 Å². The maximum absolute atomic E-state index is 10.6. The van der Waals surface area contributed by atoms with Crippen LogP contribution in [-0.4, -0.2) is 36.8 Å². The lowest BCUT2D eigenvalue weighted by Gasteiger charge is -1.98. The average molecular weight is 342 g/mol. The third-order valence-corrected chi connectivity index (χ3v) is 2.24. The Bertz CT molecular complexity index is 612. The first kappa shape index (κ1) is 15.1. The average Bonchev–Trinajstić information content (AvgIpc) is 2.60. The number of carboxylic acid groups (broad SMARTS) is 1. The lowest BCUT2D eigenvalue weighted by Crippen LogP contribution is -2.21. The predicted molar refractivity (Wildman–Crippen MR) is 61.3 cm³/mol. The van der Waals surface area contributed by atoms with E-state index >= 15 is 0 Å². The van der Waals surface area contributed by atoms with Gasteiger partial charge in [0.1, 0.15) is 10.4 Å². The molecule has 0 saturated heterocycles. The van der Waals surface area contributed by atoms with Crippen LogP contribution >= 0.6 is 15.9 Å². The highest BCUT2D eigenvalue weighted by molar-refractivity contribution is 9.10. The normalized spacial score (nSPS) is 11.0. The molecule has 104 valence electrons. The van der Waals surface area contributed by atoms with Crippen molar-refractivity contribution in [3.8, 4) is 0 Å². The van der Waals surface area contributed by atoms with E-state index in [1.807, 2.05) is 0 Å². The maximum atomic E-state index is 10.6. The number of anilines is 1. The zero-order valence-electron chi connectivity index (χ0n) is 9.31. The molecule has 0 aliphatic carbocycles. The molecule has 11 heteroatoms. The molecule has 0 unspecified atom stereocenters. The first-order valence-electron chi connectivity index (χ1n) is 4.56. The summed E-state index contributed by atoms with van der Waals surface area (Å²) in [6, 6.07) is 0. The number of nitrogens with two attached hydrogens (primary N) is 1. The van der Waals surface area contributed by atoms with Crippen LogP contribution in [0.25, 0.3) is 5.65 Å². The summed E-state index contributed by atoms with van der Waals surface area (Å²) in [7, 11) is 0. The fourth-order valence-electron chi connectivity index (χ4n) is 0.986. The minimum absolute atomic E-state index is 0.396. The molecule has 2 aromatic rings. The second-order valence-electron chi connectivity index (χ2n) is 3.16. The van der Waals surface area contributed by atoms with E-state index in [4.69, 9.17) is 15.6 Å². The van der Waals surface area contributed by atoms with Crippen molar-refractivity contribution in [1.82, 2.24) is 19.6 Å². The van der Waals surface area contributed by atoms with E-state index in [0.29, 0.717) is 17.3 Å². The van der Waals surface area contributed by atoms with Crippen molar-refractivity contribution in [1.29, 1.82) is 0 Å². The number of carbonyl (C=O) groups is 1. The molecule has 0 atom stereocenters. The van der Waals surface area contributed by atoms with Crippen molar-refractivity contribution >= 4 is 33.4 Å². The number of halogens is 4. The number of aryl methyl sites for hydroxylation is 1. The molecular formula is C8H7BrF3N5O2. The van der Waals surface area contributed by atoms with Crippen molar-refractivity contribution in [2.45, 2.75) is 13.1 Å². The van der Waals surface area contributed by atoms with Crippen LogP contribution in [0.5, 0.6) is 0 Å². The summed E-state index contributed by atoms with van der Waals surface area (Å²) in [5.74, 6) is -1.74. The Labute approximate surface area is 112 Å². The van der Waals surface area contributed by atoms with Crippen LogP contribution in [0.15, 0.2) is 10.8 Å². The summed E-state index contributed by atoms with van der Waals surface area (Å²) in [6.45, 7) is 1.78. The quantitative estimate of drug-likeness (QED) is 0.750. The highest BCUT2D eigenvalue weighted by Gasteiger charge is 2.38. The Kier molecular flexibility index (Phi) is 4.29. The number of imidazole rings is 1. The second-order valence-corrected chi connectivity index (χ2v) is 3.98. The van der Waals surface area contributed by atoms with Gasteiger partial charge in [-0.1, -0.05) is 0 Å². The van der Waals surface area contributed by atoms with Crippen molar-refractivity contribution in [3.05, 3.63) is 16.6 Å². The van der Waals surface area contributed by atoms with Crippen molar-refractivity contribution in [2.75, 3.05) is 5.73 Å². The minimum atomic E-state index is -5.08. The largest absolute Gasteiger partial charge is 0.490 e. The Morgan fingerprint density at radius 3 is 2.53 bits per heavy atom. The number of carboxylic acids is 1. The topological polar surface area (TPSA) is 106 Å². The van der Waals surface area contributed by atoms with E-state index in [1.165, 1.54) is 0 Å². The van der Waals surface area contributed by atoms with E-state index in [2.05, 4.69) is 31.0 Å². The van der Waals surface area contributed by atoms with Crippen molar-refractivity contribution in [2.24, 2.45) is 0 Å². The lowest BCUT2D eigenvalue weighted by molar-refractivity contribution is -0.192. The van der Waals surface area contributed by atoms with Gasteiger partial charge in [-0.2, -0.15) is 18.3 Å². The summed E-state index contributed by atoms with van der Waals surface area (Å²) in [5, 5.41) is 11.2. The second kappa shape index (κ2) is 5.38. The molecule has 19 heavy (non-hydrogen) atoms. The van der Waals surface area contributed by atoms with Gasteiger partial charge in [0.15, 0.2) is 11.5 Å². The summed E-state index contributed by atoms with van der Waals surface area (Å²) in [4.78, 5) is 16.9. The molecule has 0 spiro atoms. The Balaban J connectivity index is 0.000000224. The molecule has 0 bridgehead atoms. The summed E-state index contributed by atoms with van der Waals surface area (Å²) < 4.78 is 34.1. The van der Waals surface area contributed by atoms with Gasteiger partial charge in [-0.25, -0.2) is 19.3 Å². The van der Waals surface area contributed by atoms with E-state index < -0.39 is 12.1 Å². The van der Waals surface area contributed by atoms with Gasteiger partial charge in [0, 0.05) is 0 Å². The molecular weight excluding hydrogens is 335 g/mol. The highest BCUT2D eigenvalue weighted by Crippen LogP contribution is 2.14. The number of alkyl halides is 3. The maximum Gasteiger partial charge on any atom is 0.490 e. The summed E-state index contributed by atoms with van der Waals surface area (Å²) in [5.41, 5.74) is 6.19. The molecule has 0 amide bonds. The van der Waals surface area contributed by atoms with Crippen LogP contribution in [0.1, 0.15) is 5.82 Å². The number of aliphatic carboxylic acids is 1. The van der Waals surface area contributed by atoms with Gasteiger partial charge < -0.3 is 10.8 Å². The zero-order valence-corrected chi connectivity index (χ0v) is 10.9. The van der Waals surface area contributed by atoms with Gasteiger partial charge in [-0.05, 0) is 22.9 Å². The molecule has 7 nitrogen and oxygen atoms in total. The molecule has 0 radical (unpaired) electrons. The summed E-state index contributed by atoms with van der Waals surface area (Å²) >= 11 is 3.29. The van der Waals surface area contributed by atoms with Crippen LogP contribution < -0.4 is 5.73 Å². The van der Waals surface area contributed by atoms with Crippen molar-refractivity contribution in [3.63, 3.8) is 0 Å². The Morgan fingerprint density at radius 2 is 2.05 bits per heavy atom. The number of fused-ring (bicyclic) bond motifs is 1. The smallest absolute Gasteiger partial charge is 0.475 e. The SMILES string of the molecule is Cc1nc(N)c2ncc(Br)n2n1.O=C(O)C(F)(F)F. The Morgan fingerprint density at radius 1 is 1.53 bits per heavy atom. The van der Waals surface area contributed by atoms with Crippen LogP contribution in [0.2, 0.25) is 0 Å². The lowest BCUT2D eigenvalue weighted by atomic mass is 10.6. The minimum Gasteiger partial charge on any atom is -0.475 e. The van der Waals surface area contributed by atoms with Gasteiger partial charge >= 0.3 is 12.1 Å². The number of nitrogens with zero attached hydrogens (tertiary/aromatic N) is 4. The fourth-order valence-corrected chi connectivity index (χ4v) is 1.34. The van der Waals surface area contributed by atoms with Gasteiger partial charge in [0.2, 0.25) is 0 Å². The molecule has 0 saturated carbocycles. The molecule has 0 aliphatic rings. The third-order valence-electron chi connectivity index (χ3n) is 1.69. The molecule has 3 N–H and O–H groups in total. The number of rotatable bonds is 0. The van der Waals surface area contributed by atoms with Gasteiger partial charge in [-0.15, -0.1) is 0 Å². The molecule has 0 aromatic carbocycles. The van der Waals surface area contributed by atoms with Crippen LogP contribution in [0.3, 0.4) is 0 Å². The molecule has 2 aromatic heterocycles. The number of hydrogen-bond acceptors (Lipinski definition) is 5. The fraction of sp³-hybridized carbons (Fsp3) is 0.250. The van der Waals surface area contributed by atoms with Crippen molar-refractivity contribution < 1.29 is 23.1 Å². The van der Waals surface area contributed by atoms with E-state index in [0.717, 1.165) is 4.60 Å². The van der Waals surface area contributed by atoms with Crippen LogP contribution in [-0.2, 0) is 4.79 Å². The zero-order chi connectivity index (χ0) is 14.8. The monoisotopic (exact) mass is 341 g/mol. The van der Waals surface area contributed by atoms with Gasteiger partial charge in [0.25, 0.3) is 0 Å². The molecule has 0 aliphatic heterocycles. The molecule has 2 rings (SSSR count). The van der Waals surface area contributed by atoms with E-state index in [-0.39, 0.29) is 0 Å². The van der Waals surface area contributed by atoms with Crippen LogP contribution in [0, 0.1) is 6.92 Å². The van der Waals surface area contributed by atoms with Gasteiger partial charge in [-0.3, -0.25) is 0 Å². The predicted octanol–water partition coefficient (Wildman–Crippen LogP) is 1.41. The Hall–Kier alpha value is -1.91. The summed E-state index contributed by atoms with van der Waals surface area (Å²) in [6.07, 6.45) is -3.44. The number of nitrogen functional groups attached to an aromatic ring is 1. The number of aromatic nitrogens is 4. The molecule has 2 heterocycles. The van der Waals surface area contributed by atoms with Gasteiger partial charge in [0.05, 0.1) is 6.20 Å². The van der Waals surface area contributed by atoms with E-state index in [9.17, 15) is 13.2 Å². The third kappa shape index (κ3) is 3.77. The number of hydrogen-bond donors (Lipinski definition) is 2. The first-order chi connectivity index (χ1) is 8.62.